The Kier molecular flexibility index (Phi) is 3.86. The molecule has 0 unspecified atom stereocenters. The predicted molar refractivity (Wildman–Crippen MR) is 113 cm³/mol. The second kappa shape index (κ2) is 6.30. The number of nitrogens with zero attached hydrogens (tertiary/aromatic N) is 4. The van der Waals surface area contributed by atoms with Crippen LogP contribution >= 0.6 is 0 Å². The molecule has 1 aliphatic heterocycles. The minimum atomic E-state index is 0.117. The number of hydrogen-bond donors (Lipinski definition) is 1. The van der Waals surface area contributed by atoms with Gasteiger partial charge in [0, 0.05) is 34.7 Å². The maximum Gasteiger partial charge on any atom is 0.146 e. The van der Waals surface area contributed by atoms with E-state index in [-0.39, 0.29) is 5.54 Å². The number of hydrogen-bond acceptors (Lipinski definition) is 4. The number of aromatic nitrogens is 4. The molecule has 0 spiro atoms. The Morgan fingerprint density at radius 2 is 2.00 bits per heavy atom. The van der Waals surface area contributed by atoms with E-state index in [2.05, 4.69) is 65.9 Å². The van der Waals surface area contributed by atoms with Crippen LogP contribution in [0.3, 0.4) is 0 Å². The Morgan fingerprint density at radius 3 is 2.89 bits per heavy atom. The average molecular weight is 371 g/mol. The molecule has 5 heteroatoms. The Hall–Kier alpha value is -2.95. The molecular weight excluding hydrogens is 346 g/mol. The molecule has 5 nitrogen and oxygen atoms in total. The van der Waals surface area contributed by atoms with Gasteiger partial charge in [-0.1, -0.05) is 6.07 Å². The van der Waals surface area contributed by atoms with Gasteiger partial charge >= 0.3 is 0 Å². The van der Waals surface area contributed by atoms with Gasteiger partial charge in [0.05, 0.1) is 11.2 Å². The van der Waals surface area contributed by atoms with Crippen molar-refractivity contribution in [2.45, 2.75) is 52.0 Å². The van der Waals surface area contributed by atoms with E-state index in [4.69, 9.17) is 9.97 Å². The largest absolute Gasteiger partial charge is 0.365 e. The fourth-order valence-corrected chi connectivity index (χ4v) is 4.11. The van der Waals surface area contributed by atoms with E-state index in [1.807, 2.05) is 12.3 Å². The lowest BCUT2D eigenvalue weighted by Gasteiger charge is -2.33. The maximum atomic E-state index is 4.95. The van der Waals surface area contributed by atoms with E-state index in [0.717, 1.165) is 59.4 Å². The highest BCUT2D eigenvalue weighted by Crippen LogP contribution is 2.29. The van der Waals surface area contributed by atoms with Crippen molar-refractivity contribution < 1.29 is 0 Å². The van der Waals surface area contributed by atoms with Gasteiger partial charge in [0.25, 0.3) is 0 Å². The van der Waals surface area contributed by atoms with Gasteiger partial charge in [0.15, 0.2) is 0 Å². The summed E-state index contributed by atoms with van der Waals surface area (Å²) in [6.07, 6.45) is 7.90. The Labute approximate surface area is 164 Å². The van der Waals surface area contributed by atoms with Gasteiger partial charge in [0.2, 0.25) is 0 Å². The number of pyridine rings is 3. The first-order valence-corrected chi connectivity index (χ1v) is 9.98. The first-order valence-electron chi connectivity index (χ1n) is 9.98. The number of imidazole rings is 1. The normalized spacial score (nSPS) is 15.5. The smallest absolute Gasteiger partial charge is 0.146 e. The second-order valence-corrected chi connectivity index (χ2v) is 8.41. The van der Waals surface area contributed by atoms with Gasteiger partial charge in [-0.05, 0) is 76.3 Å². The van der Waals surface area contributed by atoms with Crippen LogP contribution in [0.25, 0.3) is 16.6 Å². The summed E-state index contributed by atoms with van der Waals surface area (Å²) in [5, 5.41) is 4.69. The van der Waals surface area contributed by atoms with E-state index >= 15 is 0 Å². The zero-order valence-electron chi connectivity index (χ0n) is 16.7. The van der Waals surface area contributed by atoms with Crippen molar-refractivity contribution in [1.82, 2.24) is 19.4 Å². The summed E-state index contributed by atoms with van der Waals surface area (Å²) in [6, 6.07) is 10.5. The standard InChI is InChI=1S/C23H25N5/c1-15-19(26-22-18-5-4-13-24-20(18)11-14-28(15)22)9-8-17-7-6-16-10-12-23(2,3)27-21(16)25-17/h4-7,11,13-14H,8-10,12H2,1-3H3,(H,25,27). The Morgan fingerprint density at radius 1 is 1.11 bits per heavy atom. The minimum Gasteiger partial charge on any atom is -0.365 e. The molecule has 1 N–H and O–H groups in total. The molecule has 0 bridgehead atoms. The van der Waals surface area contributed by atoms with E-state index in [1.165, 1.54) is 11.3 Å². The summed E-state index contributed by atoms with van der Waals surface area (Å²) in [4.78, 5) is 14.3. The van der Waals surface area contributed by atoms with Crippen LogP contribution in [-0.4, -0.2) is 24.9 Å². The molecule has 0 amide bonds. The fourth-order valence-electron chi connectivity index (χ4n) is 4.11. The molecule has 1 aliphatic rings. The van der Waals surface area contributed by atoms with Crippen LogP contribution in [0.4, 0.5) is 5.82 Å². The van der Waals surface area contributed by atoms with Crippen molar-refractivity contribution in [3.05, 3.63) is 65.4 Å². The summed E-state index contributed by atoms with van der Waals surface area (Å²) in [6.45, 7) is 6.62. The van der Waals surface area contributed by atoms with E-state index in [1.54, 1.807) is 0 Å². The number of nitrogens with one attached hydrogen (secondary N) is 1. The van der Waals surface area contributed by atoms with E-state index < -0.39 is 0 Å². The summed E-state index contributed by atoms with van der Waals surface area (Å²) < 4.78 is 2.17. The molecule has 0 aliphatic carbocycles. The first kappa shape index (κ1) is 17.2. The van der Waals surface area contributed by atoms with Crippen molar-refractivity contribution in [1.29, 1.82) is 0 Å². The molecule has 4 aromatic heterocycles. The molecule has 142 valence electrons. The summed E-state index contributed by atoms with van der Waals surface area (Å²) >= 11 is 0. The SMILES string of the molecule is Cc1c(CCc2ccc3c(n2)NC(C)(C)CC3)nc2c3cccnc3ccn12. The van der Waals surface area contributed by atoms with Crippen LogP contribution in [0.5, 0.6) is 0 Å². The van der Waals surface area contributed by atoms with Crippen LogP contribution in [0, 0.1) is 6.92 Å². The third-order valence-corrected chi connectivity index (χ3v) is 5.84. The van der Waals surface area contributed by atoms with E-state index in [9.17, 15) is 0 Å². The van der Waals surface area contributed by atoms with Gasteiger partial charge < -0.3 is 9.72 Å². The summed E-state index contributed by atoms with van der Waals surface area (Å²) in [5.41, 5.74) is 6.85. The molecule has 5 heterocycles. The van der Waals surface area contributed by atoms with Crippen molar-refractivity contribution in [2.24, 2.45) is 0 Å². The molecule has 0 radical (unpaired) electrons. The highest BCUT2D eigenvalue weighted by molar-refractivity contribution is 5.91. The van der Waals surface area contributed by atoms with Crippen LogP contribution in [0.15, 0.2) is 42.7 Å². The molecular formula is C23H25N5. The monoisotopic (exact) mass is 371 g/mol. The van der Waals surface area contributed by atoms with Gasteiger partial charge in [-0.25, -0.2) is 9.97 Å². The molecule has 0 fully saturated rings. The number of fused-ring (bicyclic) bond motifs is 4. The van der Waals surface area contributed by atoms with Crippen LogP contribution in [0.2, 0.25) is 0 Å². The lowest BCUT2D eigenvalue weighted by molar-refractivity contribution is 0.498. The van der Waals surface area contributed by atoms with Crippen molar-refractivity contribution in [3.63, 3.8) is 0 Å². The minimum absolute atomic E-state index is 0.117. The molecule has 4 aromatic rings. The van der Waals surface area contributed by atoms with Gasteiger partial charge in [-0.15, -0.1) is 0 Å². The van der Waals surface area contributed by atoms with Crippen molar-refractivity contribution in [2.75, 3.05) is 5.32 Å². The number of aryl methyl sites for hydroxylation is 4. The quantitative estimate of drug-likeness (QED) is 0.576. The topological polar surface area (TPSA) is 55.1 Å². The zero-order chi connectivity index (χ0) is 19.3. The fraction of sp³-hybridized carbons (Fsp3) is 0.348. The van der Waals surface area contributed by atoms with Gasteiger partial charge in [-0.3, -0.25) is 4.98 Å². The van der Waals surface area contributed by atoms with Crippen LogP contribution in [-0.2, 0) is 19.3 Å². The predicted octanol–water partition coefficient (Wildman–Crippen LogP) is 4.51. The molecule has 0 aromatic carbocycles. The highest BCUT2D eigenvalue weighted by Gasteiger charge is 2.25. The Bertz CT molecular complexity index is 1190. The number of rotatable bonds is 3. The van der Waals surface area contributed by atoms with Gasteiger partial charge in [0.1, 0.15) is 11.5 Å². The Balaban J connectivity index is 1.43. The average Bonchev–Trinajstić information content (AvgIpc) is 3.01. The van der Waals surface area contributed by atoms with Crippen LogP contribution < -0.4 is 5.32 Å². The lowest BCUT2D eigenvalue weighted by Crippen LogP contribution is -2.35. The first-order chi connectivity index (χ1) is 13.5. The van der Waals surface area contributed by atoms with Crippen molar-refractivity contribution in [3.8, 4) is 0 Å². The molecule has 5 rings (SSSR count). The van der Waals surface area contributed by atoms with Gasteiger partial charge in [-0.2, -0.15) is 0 Å². The molecule has 0 atom stereocenters. The molecule has 0 saturated heterocycles. The number of anilines is 1. The molecule has 0 saturated carbocycles. The summed E-state index contributed by atoms with van der Waals surface area (Å²) in [5.74, 6) is 1.05. The van der Waals surface area contributed by atoms with Crippen LogP contribution in [0.1, 0.15) is 42.9 Å². The lowest BCUT2D eigenvalue weighted by atomic mass is 9.91. The third-order valence-electron chi connectivity index (χ3n) is 5.84. The van der Waals surface area contributed by atoms with Crippen molar-refractivity contribution >= 4 is 22.4 Å². The summed E-state index contributed by atoms with van der Waals surface area (Å²) in [7, 11) is 0. The highest BCUT2D eigenvalue weighted by atomic mass is 15.1. The maximum absolute atomic E-state index is 4.95. The zero-order valence-corrected chi connectivity index (χ0v) is 16.7. The second-order valence-electron chi connectivity index (χ2n) is 8.41. The third kappa shape index (κ3) is 2.91. The van der Waals surface area contributed by atoms with E-state index in [0.29, 0.717) is 0 Å². The molecule has 28 heavy (non-hydrogen) atoms.